The van der Waals surface area contributed by atoms with Crippen molar-refractivity contribution in [3.05, 3.63) is 23.9 Å². The van der Waals surface area contributed by atoms with E-state index < -0.39 is 36.2 Å². The Morgan fingerprint density at radius 2 is 2.11 bits per heavy atom. The summed E-state index contributed by atoms with van der Waals surface area (Å²) in [5, 5.41) is 0. The number of pyridine rings is 1. The van der Waals surface area contributed by atoms with Crippen molar-refractivity contribution in [2.45, 2.75) is 18.2 Å². The largest absolute Gasteiger partial charge is 0.466 e. The van der Waals surface area contributed by atoms with Crippen molar-refractivity contribution >= 4 is 0 Å². The minimum Gasteiger partial charge on any atom is -0.466 e. The molecule has 0 radical (unpaired) electrons. The lowest BCUT2D eigenvalue weighted by atomic mass is 10.2. The molecule has 1 aliphatic heterocycles. The van der Waals surface area contributed by atoms with Crippen LogP contribution >= 0.6 is 0 Å². The van der Waals surface area contributed by atoms with Crippen molar-refractivity contribution < 1.29 is 26.7 Å². The van der Waals surface area contributed by atoms with Crippen LogP contribution in [-0.2, 0) is 6.18 Å². The van der Waals surface area contributed by atoms with E-state index in [1.54, 1.807) is 0 Å². The molecule has 3 nitrogen and oxygen atoms in total. The highest BCUT2D eigenvalue weighted by molar-refractivity contribution is 5.23. The Labute approximate surface area is 106 Å². The molecule has 0 bridgehead atoms. The van der Waals surface area contributed by atoms with Gasteiger partial charge >= 0.3 is 6.18 Å². The van der Waals surface area contributed by atoms with Gasteiger partial charge in [-0.05, 0) is 13.1 Å². The maximum atomic E-state index is 13.5. The van der Waals surface area contributed by atoms with Crippen molar-refractivity contribution in [1.82, 2.24) is 9.88 Å². The average Bonchev–Trinajstić information content (AvgIpc) is 2.51. The van der Waals surface area contributed by atoms with Gasteiger partial charge in [-0.2, -0.15) is 13.2 Å². The first-order valence-electron chi connectivity index (χ1n) is 5.45. The molecule has 1 fully saturated rings. The summed E-state index contributed by atoms with van der Waals surface area (Å²) < 4.78 is 69.2. The number of ether oxygens (including phenoxy) is 1. The molecule has 2 rings (SSSR count). The molecule has 1 atom stereocenters. The minimum atomic E-state index is -4.56. The van der Waals surface area contributed by atoms with Crippen LogP contribution in [0.15, 0.2) is 18.3 Å². The first-order valence-corrected chi connectivity index (χ1v) is 5.45. The molecule has 2 heterocycles. The van der Waals surface area contributed by atoms with E-state index in [2.05, 4.69) is 4.98 Å². The summed E-state index contributed by atoms with van der Waals surface area (Å²) in [5.41, 5.74) is -0.979. The van der Waals surface area contributed by atoms with Crippen molar-refractivity contribution in [3.8, 4) is 5.88 Å². The fourth-order valence-corrected chi connectivity index (χ4v) is 1.86. The number of hydrogen-bond donors (Lipinski definition) is 0. The molecule has 0 aromatic carbocycles. The Morgan fingerprint density at radius 3 is 2.63 bits per heavy atom. The second-order valence-corrected chi connectivity index (χ2v) is 4.44. The molecule has 0 spiro atoms. The van der Waals surface area contributed by atoms with Gasteiger partial charge < -0.3 is 4.74 Å². The topological polar surface area (TPSA) is 25.4 Å². The van der Waals surface area contributed by atoms with Gasteiger partial charge in [-0.15, -0.1) is 0 Å². The molecule has 19 heavy (non-hydrogen) atoms. The van der Waals surface area contributed by atoms with Crippen molar-refractivity contribution in [2.75, 3.05) is 20.1 Å². The summed E-state index contributed by atoms with van der Waals surface area (Å²) in [4.78, 5) is 4.88. The molecule has 0 N–H and O–H groups in total. The zero-order valence-corrected chi connectivity index (χ0v) is 9.92. The lowest BCUT2D eigenvalue weighted by Gasteiger charge is -2.19. The highest BCUT2D eigenvalue weighted by Gasteiger charge is 2.49. The summed E-state index contributed by atoms with van der Waals surface area (Å²) in [6.07, 6.45) is -5.17. The highest BCUT2D eigenvalue weighted by Crippen LogP contribution is 2.33. The highest BCUT2D eigenvalue weighted by atomic mass is 19.4. The van der Waals surface area contributed by atoms with Gasteiger partial charge in [-0.25, -0.2) is 13.8 Å². The molecular weight excluding hydrogens is 271 g/mol. The zero-order valence-electron chi connectivity index (χ0n) is 9.92. The monoisotopic (exact) mass is 282 g/mol. The second-order valence-electron chi connectivity index (χ2n) is 4.44. The number of rotatable bonds is 2. The van der Waals surface area contributed by atoms with E-state index in [1.807, 2.05) is 0 Å². The number of likely N-dealkylation sites (N-methyl/N-ethyl adjacent to an activating group) is 1. The van der Waals surface area contributed by atoms with Crippen LogP contribution in [0.4, 0.5) is 22.0 Å². The lowest BCUT2D eigenvalue weighted by molar-refractivity contribution is -0.137. The van der Waals surface area contributed by atoms with Gasteiger partial charge in [0.1, 0.15) is 0 Å². The molecule has 106 valence electrons. The van der Waals surface area contributed by atoms with Gasteiger partial charge in [-0.1, -0.05) is 0 Å². The fourth-order valence-electron chi connectivity index (χ4n) is 1.86. The Bertz CT molecular complexity index is 463. The maximum absolute atomic E-state index is 13.5. The zero-order chi connectivity index (χ0) is 14.3. The Kier molecular flexibility index (Phi) is 3.38. The van der Waals surface area contributed by atoms with Crippen LogP contribution in [0.1, 0.15) is 5.56 Å². The van der Waals surface area contributed by atoms with Crippen LogP contribution in [0, 0.1) is 0 Å². The molecular formula is C11H11F5N2O. The average molecular weight is 282 g/mol. The summed E-state index contributed by atoms with van der Waals surface area (Å²) in [6.45, 7) is -0.554. The number of aromatic nitrogens is 1. The molecule has 0 amide bonds. The van der Waals surface area contributed by atoms with E-state index in [9.17, 15) is 22.0 Å². The molecule has 1 aromatic rings. The quantitative estimate of drug-likeness (QED) is 0.779. The number of likely N-dealkylation sites (tertiary alicyclic amines) is 1. The SMILES string of the molecule is CN1C[C@@H](Oc2cc(C(F)(F)F)ccn2)C(F)(F)C1. The first-order chi connectivity index (χ1) is 8.68. The number of hydrogen-bond acceptors (Lipinski definition) is 3. The smallest absolute Gasteiger partial charge is 0.416 e. The van der Waals surface area contributed by atoms with Crippen molar-refractivity contribution in [1.29, 1.82) is 0 Å². The molecule has 0 aliphatic carbocycles. The van der Waals surface area contributed by atoms with Gasteiger partial charge in [0.25, 0.3) is 5.92 Å². The fraction of sp³-hybridized carbons (Fsp3) is 0.545. The lowest BCUT2D eigenvalue weighted by Crippen LogP contribution is -2.36. The number of nitrogens with zero attached hydrogens (tertiary/aromatic N) is 2. The van der Waals surface area contributed by atoms with E-state index in [1.165, 1.54) is 11.9 Å². The maximum Gasteiger partial charge on any atom is 0.416 e. The van der Waals surface area contributed by atoms with E-state index in [-0.39, 0.29) is 6.54 Å². The molecule has 0 unspecified atom stereocenters. The number of halogens is 5. The second kappa shape index (κ2) is 4.59. The minimum absolute atomic E-state index is 0.0646. The third-order valence-corrected chi connectivity index (χ3v) is 2.75. The summed E-state index contributed by atoms with van der Waals surface area (Å²) in [7, 11) is 1.48. The predicted molar refractivity (Wildman–Crippen MR) is 56.1 cm³/mol. The van der Waals surface area contributed by atoms with E-state index in [0.717, 1.165) is 12.3 Å². The van der Waals surface area contributed by atoms with Crippen LogP contribution in [0.25, 0.3) is 0 Å². The summed E-state index contributed by atoms with van der Waals surface area (Å²) >= 11 is 0. The van der Waals surface area contributed by atoms with Gasteiger partial charge in [0, 0.05) is 18.8 Å². The van der Waals surface area contributed by atoms with E-state index in [4.69, 9.17) is 4.74 Å². The van der Waals surface area contributed by atoms with E-state index in [0.29, 0.717) is 6.07 Å². The van der Waals surface area contributed by atoms with Gasteiger partial charge in [0.2, 0.25) is 5.88 Å². The molecule has 0 saturated carbocycles. The van der Waals surface area contributed by atoms with Gasteiger partial charge in [0.05, 0.1) is 12.1 Å². The molecule has 8 heteroatoms. The van der Waals surface area contributed by atoms with Crippen LogP contribution in [-0.4, -0.2) is 42.0 Å². The normalized spacial score (nSPS) is 23.6. The van der Waals surface area contributed by atoms with Crippen LogP contribution < -0.4 is 4.74 Å². The van der Waals surface area contributed by atoms with Crippen LogP contribution in [0.3, 0.4) is 0 Å². The Hall–Kier alpha value is -1.44. The van der Waals surface area contributed by atoms with Gasteiger partial charge in [0.15, 0.2) is 6.10 Å². The van der Waals surface area contributed by atoms with E-state index >= 15 is 0 Å². The number of alkyl halides is 5. The standard InChI is InChI=1S/C11H11F5N2O/c1-18-5-8(10(12,13)6-18)19-9-4-7(2-3-17-9)11(14,15)16/h2-4,8H,5-6H2,1H3/t8-/m1/s1. The molecule has 1 aromatic heterocycles. The van der Waals surface area contributed by atoms with Crippen LogP contribution in [0.5, 0.6) is 5.88 Å². The molecule has 1 saturated heterocycles. The third kappa shape index (κ3) is 3.12. The van der Waals surface area contributed by atoms with Crippen molar-refractivity contribution in [2.24, 2.45) is 0 Å². The third-order valence-electron chi connectivity index (χ3n) is 2.75. The Morgan fingerprint density at radius 1 is 1.42 bits per heavy atom. The van der Waals surface area contributed by atoms with Crippen LogP contribution in [0.2, 0.25) is 0 Å². The van der Waals surface area contributed by atoms with Crippen molar-refractivity contribution in [3.63, 3.8) is 0 Å². The first kappa shape index (κ1) is 14.0. The molecule has 1 aliphatic rings. The van der Waals surface area contributed by atoms with Gasteiger partial charge in [-0.3, -0.25) is 4.90 Å². The Balaban J connectivity index is 2.16. The predicted octanol–water partition coefficient (Wildman–Crippen LogP) is 2.43. The summed E-state index contributed by atoms with van der Waals surface area (Å²) in [6, 6.07) is 1.38. The summed E-state index contributed by atoms with van der Waals surface area (Å²) in [5.74, 6) is -3.56.